The monoisotopic (exact) mass is 522 g/mol. The normalized spacial score (nSPS) is 14.7. The van der Waals surface area contributed by atoms with Crippen molar-refractivity contribution in [1.82, 2.24) is 15.2 Å². The maximum absolute atomic E-state index is 12.9. The number of aromatic nitrogens is 1. The van der Waals surface area contributed by atoms with Gasteiger partial charge in [0.05, 0.1) is 12.1 Å². The number of anilines is 1. The number of carbonyl (C=O) groups is 4. The van der Waals surface area contributed by atoms with Gasteiger partial charge in [0, 0.05) is 29.6 Å². The van der Waals surface area contributed by atoms with E-state index in [0.29, 0.717) is 35.8 Å². The number of carboxylic acid groups (broad SMARTS) is 1. The van der Waals surface area contributed by atoms with Crippen molar-refractivity contribution >= 4 is 40.3 Å². The minimum absolute atomic E-state index is 0.0498. The van der Waals surface area contributed by atoms with Gasteiger partial charge in [-0.3, -0.25) is 19.3 Å². The predicted octanol–water partition coefficient (Wildman–Crippen LogP) is 3.75. The Morgan fingerprint density at radius 2 is 1.84 bits per heavy atom. The fourth-order valence-corrected chi connectivity index (χ4v) is 4.61. The molecule has 2 aromatic carbocycles. The number of aliphatic carboxylic acids is 1. The Labute approximate surface area is 217 Å². The lowest BCUT2D eigenvalue weighted by Crippen LogP contribution is -2.43. The van der Waals surface area contributed by atoms with Crippen molar-refractivity contribution < 1.29 is 29.0 Å². The molecule has 0 saturated carbocycles. The van der Waals surface area contributed by atoms with E-state index in [-0.39, 0.29) is 31.4 Å². The fraction of sp³-hybridized carbons (Fsp3) is 0.269. The third kappa shape index (κ3) is 6.91. The molecule has 11 heteroatoms. The number of nitrogens with zero attached hydrogens (tertiary/aromatic N) is 2. The summed E-state index contributed by atoms with van der Waals surface area (Å²) < 4.78 is 5.40. The van der Waals surface area contributed by atoms with Crippen LogP contribution in [0, 0.1) is 0 Å². The van der Waals surface area contributed by atoms with E-state index in [0.717, 1.165) is 11.1 Å². The van der Waals surface area contributed by atoms with E-state index in [1.54, 1.807) is 29.6 Å². The van der Waals surface area contributed by atoms with Crippen LogP contribution in [0.15, 0.2) is 60.0 Å². The maximum atomic E-state index is 12.9. The number of likely N-dealkylation sites (tertiary alicyclic amines) is 1. The number of rotatable bonds is 9. The molecule has 1 unspecified atom stereocenters. The summed E-state index contributed by atoms with van der Waals surface area (Å²) in [6, 6.07) is 15.4. The van der Waals surface area contributed by atoms with Gasteiger partial charge >= 0.3 is 12.1 Å². The Hall–Kier alpha value is -4.25. The van der Waals surface area contributed by atoms with Crippen molar-refractivity contribution in [2.45, 2.75) is 31.9 Å². The van der Waals surface area contributed by atoms with Crippen LogP contribution in [-0.4, -0.2) is 58.0 Å². The second-order valence-electron chi connectivity index (χ2n) is 8.40. The van der Waals surface area contributed by atoms with E-state index in [1.807, 2.05) is 30.3 Å². The molecule has 0 aliphatic carbocycles. The van der Waals surface area contributed by atoms with Gasteiger partial charge < -0.3 is 20.5 Å². The second-order valence-corrected chi connectivity index (χ2v) is 9.25. The Morgan fingerprint density at radius 1 is 1.08 bits per heavy atom. The zero-order valence-corrected chi connectivity index (χ0v) is 20.7. The second kappa shape index (κ2) is 12.1. The van der Waals surface area contributed by atoms with Gasteiger partial charge in [0.15, 0.2) is 5.13 Å². The van der Waals surface area contributed by atoms with E-state index in [1.165, 1.54) is 16.2 Å². The van der Waals surface area contributed by atoms with Crippen molar-refractivity contribution in [3.05, 3.63) is 71.1 Å². The van der Waals surface area contributed by atoms with Crippen molar-refractivity contribution in [2.24, 2.45) is 0 Å². The maximum Gasteiger partial charge on any atom is 0.410 e. The van der Waals surface area contributed by atoms with Gasteiger partial charge in [-0.05, 0) is 30.5 Å². The molecular weight excluding hydrogens is 496 g/mol. The Bertz CT molecular complexity index is 1260. The molecule has 192 valence electrons. The number of ether oxygens (including phenoxy) is 1. The minimum Gasteiger partial charge on any atom is -0.481 e. The first kappa shape index (κ1) is 25.8. The largest absolute Gasteiger partial charge is 0.481 e. The summed E-state index contributed by atoms with van der Waals surface area (Å²) in [6.45, 7) is 0.641. The van der Waals surface area contributed by atoms with Gasteiger partial charge in [-0.25, -0.2) is 9.78 Å². The van der Waals surface area contributed by atoms with Crippen LogP contribution in [0.3, 0.4) is 0 Å². The molecule has 2 heterocycles. The molecule has 1 aromatic heterocycles. The fourth-order valence-electron chi connectivity index (χ4n) is 3.89. The zero-order chi connectivity index (χ0) is 26.2. The van der Waals surface area contributed by atoms with Crippen LogP contribution in [-0.2, 0) is 20.9 Å². The smallest absolute Gasteiger partial charge is 0.410 e. The lowest BCUT2D eigenvalue weighted by atomic mass is 10.1. The number of benzene rings is 2. The molecule has 1 saturated heterocycles. The van der Waals surface area contributed by atoms with Crippen LogP contribution in [0.1, 0.15) is 35.2 Å². The molecule has 3 N–H and O–H groups in total. The van der Waals surface area contributed by atoms with Crippen LogP contribution < -0.4 is 10.6 Å². The molecule has 37 heavy (non-hydrogen) atoms. The van der Waals surface area contributed by atoms with Crippen LogP contribution in [0.4, 0.5) is 9.93 Å². The third-order valence-corrected chi connectivity index (χ3v) is 6.55. The molecule has 1 aliphatic rings. The van der Waals surface area contributed by atoms with E-state index < -0.39 is 18.1 Å². The lowest BCUT2D eigenvalue weighted by molar-refractivity contribution is -0.136. The average Bonchev–Trinajstić information content (AvgIpc) is 3.58. The summed E-state index contributed by atoms with van der Waals surface area (Å²) in [4.78, 5) is 54.1. The number of carbonyl (C=O) groups excluding carboxylic acids is 3. The number of hydrogen-bond donors (Lipinski definition) is 3. The molecule has 1 atom stereocenters. The highest BCUT2D eigenvalue weighted by Crippen LogP contribution is 2.27. The van der Waals surface area contributed by atoms with E-state index >= 15 is 0 Å². The van der Waals surface area contributed by atoms with Crippen molar-refractivity contribution in [1.29, 1.82) is 0 Å². The van der Waals surface area contributed by atoms with Crippen molar-refractivity contribution in [3.63, 3.8) is 0 Å². The number of carboxylic acids is 1. The number of amides is 3. The van der Waals surface area contributed by atoms with Gasteiger partial charge in [0.1, 0.15) is 12.6 Å². The third-order valence-electron chi connectivity index (χ3n) is 5.80. The molecule has 0 radical (unpaired) electrons. The van der Waals surface area contributed by atoms with Gasteiger partial charge in [0.2, 0.25) is 5.91 Å². The van der Waals surface area contributed by atoms with E-state index in [9.17, 15) is 19.2 Å². The average molecular weight is 523 g/mol. The van der Waals surface area contributed by atoms with Gasteiger partial charge in [0.25, 0.3) is 5.91 Å². The SMILES string of the molecule is O=C(O)CCNC(=O)c1ccc(-c2csc(NC(=O)C3CCCN3C(=O)OCc3ccccc3)n2)cc1. The van der Waals surface area contributed by atoms with Crippen LogP contribution >= 0.6 is 11.3 Å². The van der Waals surface area contributed by atoms with Crippen molar-refractivity contribution in [2.75, 3.05) is 18.4 Å². The van der Waals surface area contributed by atoms with Crippen LogP contribution in [0.5, 0.6) is 0 Å². The minimum atomic E-state index is -0.981. The van der Waals surface area contributed by atoms with E-state index in [4.69, 9.17) is 9.84 Å². The molecular formula is C26H26N4O6S. The quantitative estimate of drug-likeness (QED) is 0.389. The first-order chi connectivity index (χ1) is 17.9. The van der Waals surface area contributed by atoms with Crippen molar-refractivity contribution in [3.8, 4) is 11.3 Å². The summed E-state index contributed by atoms with van der Waals surface area (Å²) in [5, 5.41) is 16.2. The first-order valence-corrected chi connectivity index (χ1v) is 12.6. The molecule has 1 fully saturated rings. The molecule has 3 amide bonds. The van der Waals surface area contributed by atoms with E-state index in [2.05, 4.69) is 15.6 Å². The Kier molecular flexibility index (Phi) is 8.47. The van der Waals surface area contributed by atoms with Gasteiger partial charge in [-0.1, -0.05) is 42.5 Å². The predicted molar refractivity (Wildman–Crippen MR) is 137 cm³/mol. The standard InChI is InChI=1S/C26H26N4O6S/c31-22(32)12-13-27-23(33)19-10-8-18(9-11-19)20-16-37-25(28-20)29-24(34)21-7-4-14-30(21)26(35)36-15-17-5-2-1-3-6-17/h1-3,5-6,8-11,16,21H,4,7,12-15H2,(H,27,33)(H,31,32)(H,28,29,34). The highest BCUT2D eigenvalue weighted by atomic mass is 32.1. The first-order valence-electron chi connectivity index (χ1n) is 11.7. The van der Waals surface area contributed by atoms with Gasteiger partial charge in [-0.2, -0.15) is 0 Å². The molecule has 4 rings (SSSR count). The number of nitrogens with one attached hydrogen (secondary N) is 2. The number of hydrogen-bond acceptors (Lipinski definition) is 7. The van der Waals surface area contributed by atoms with Gasteiger partial charge in [-0.15, -0.1) is 11.3 Å². The van der Waals surface area contributed by atoms with Crippen LogP contribution in [0.2, 0.25) is 0 Å². The number of thiazole rings is 1. The molecule has 1 aliphatic heterocycles. The van der Waals surface area contributed by atoms with Crippen LogP contribution in [0.25, 0.3) is 11.3 Å². The molecule has 3 aromatic rings. The Balaban J connectivity index is 1.32. The summed E-state index contributed by atoms with van der Waals surface area (Å²) >= 11 is 1.26. The summed E-state index contributed by atoms with van der Waals surface area (Å²) in [6.07, 6.45) is 0.580. The summed E-state index contributed by atoms with van der Waals surface area (Å²) in [5.41, 5.74) is 2.66. The molecule has 0 spiro atoms. The lowest BCUT2D eigenvalue weighted by Gasteiger charge is -2.22. The topological polar surface area (TPSA) is 138 Å². The Morgan fingerprint density at radius 3 is 2.57 bits per heavy atom. The highest BCUT2D eigenvalue weighted by molar-refractivity contribution is 7.14. The highest BCUT2D eigenvalue weighted by Gasteiger charge is 2.35. The molecule has 0 bridgehead atoms. The molecule has 10 nitrogen and oxygen atoms in total. The summed E-state index contributed by atoms with van der Waals surface area (Å²) in [5.74, 6) is -1.66. The zero-order valence-electron chi connectivity index (χ0n) is 19.9. The summed E-state index contributed by atoms with van der Waals surface area (Å²) in [7, 11) is 0.